The molecule has 0 spiro atoms. The summed E-state index contributed by atoms with van der Waals surface area (Å²) in [4.78, 5) is 10.7. The van der Waals surface area contributed by atoms with E-state index in [0.717, 1.165) is 12.8 Å². The van der Waals surface area contributed by atoms with E-state index in [1.807, 2.05) is 12.1 Å². The molecule has 0 amide bonds. The Balaban J connectivity index is 1.78. The van der Waals surface area contributed by atoms with Crippen LogP contribution in [0.25, 0.3) is 0 Å². The second-order valence-electron chi connectivity index (χ2n) is 5.28. The first-order chi connectivity index (χ1) is 9.28. The quantitative estimate of drug-likeness (QED) is 0.777. The van der Waals surface area contributed by atoms with Crippen LogP contribution in [0, 0.1) is 12.8 Å². The van der Waals surface area contributed by atoms with Gasteiger partial charge in [0.1, 0.15) is 0 Å². The van der Waals surface area contributed by atoms with Gasteiger partial charge in [0.25, 0.3) is 6.47 Å². The lowest BCUT2D eigenvalue weighted by atomic mass is 9.86. The summed E-state index contributed by atoms with van der Waals surface area (Å²) in [5.41, 5.74) is 2.57. The number of fused-ring (bicyclic) bond motifs is 2. The van der Waals surface area contributed by atoms with Crippen LogP contribution in [0.15, 0.2) is 24.3 Å². The molecule has 4 heteroatoms. The fourth-order valence-electron chi connectivity index (χ4n) is 3.02. The smallest absolute Gasteiger partial charge is 0.293 e. The maximum atomic E-state index is 10.7. The zero-order valence-electron chi connectivity index (χ0n) is 11.0. The van der Waals surface area contributed by atoms with Crippen LogP contribution in [-0.4, -0.2) is 31.6 Å². The van der Waals surface area contributed by atoms with Crippen LogP contribution in [0.4, 0.5) is 0 Å². The van der Waals surface area contributed by atoms with Crippen LogP contribution in [0.1, 0.15) is 17.5 Å². The Morgan fingerprint density at radius 2 is 2.26 bits per heavy atom. The van der Waals surface area contributed by atoms with Crippen molar-refractivity contribution in [1.29, 1.82) is 0 Å². The Hall–Kier alpha value is -1.39. The third kappa shape index (κ3) is 2.51. The molecule has 3 rings (SSSR count). The summed E-state index contributed by atoms with van der Waals surface area (Å²) < 4.78 is 16.4. The number of ether oxygens (including phenoxy) is 3. The number of benzene rings is 1. The van der Waals surface area contributed by atoms with E-state index in [-0.39, 0.29) is 18.1 Å². The van der Waals surface area contributed by atoms with Crippen molar-refractivity contribution in [3.05, 3.63) is 35.4 Å². The number of rotatable bonds is 4. The molecule has 4 nitrogen and oxygen atoms in total. The lowest BCUT2D eigenvalue weighted by Gasteiger charge is -2.34. The first-order valence-corrected chi connectivity index (χ1v) is 6.68. The molecule has 1 aromatic carbocycles. The molecule has 2 heterocycles. The van der Waals surface area contributed by atoms with Crippen molar-refractivity contribution in [2.45, 2.75) is 38.3 Å². The molecule has 19 heavy (non-hydrogen) atoms. The van der Waals surface area contributed by atoms with Gasteiger partial charge < -0.3 is 14.2 Å². The summed E-state index contributed by atoms with van der Waals surface area (Å²) in [7, 11) is 0. The topological polar surface area (TPSA) is 44.8 Å². The average Bonchev–Trinajstić information content (AvgIpc) is 2.80. The normalized spacial score (nSPS) is 33.1. The van der Waals surface area contributed by atoms with Gasteiger partial charge in [-0.3, -0.25) is 4.79 Å². The highest BCUT2D eigenvalue weighted by Crippen LogP contribution is 2.35. The maximum absolute atomic E-state index is 10.7. The van der Waals surface area contributed by atoms with E-state index in [1.54, 1.807) is 0 Å². The van der Waals surface area contributed by atoms with Gasteiger partial charge in [-0.05, 0) is 30.9 Å². The van der Waals surface area contributed by atoms with Gasteiger partial charge in [-0.1, -0.05) is 24.3 Å². The summed E-state index contributed by atoms with van der Waals surface area (Å²) in [5.74, 6) is 0.262. The van der Waals surface area contributed by atoms with E-state index >= 15 is 0 Å². The van der Waals surface area contributed by atoms with Gasteiger partial charge in [0, 0.05) is 5.92 Å². The van der Waals surface area contributed by atoms with Gasteiger partial charge in [0.05, 0.1) is 12.7 Å². The highest BCUT2D eigenvalue weighted by atomic mass is 16.7. The van der Waals surface area contributed by atoms with E-state index in [2.05, 4.69) is 19.1 Å². The van der Waals surface area contributed by atoms with Crippen molar-refractivity contribution in [3.63, 3.8) is 0 Å². The van der Waals surface area contributed by atoms with E-state index in [4.69, 9.17) is 14.2 Å². The van der Waals surface area contributed by atoms with Crippen LogP contribution >= 0.6 is 0 Å². The monoisotopic (exact) mass is 262 g/mol. The molecule has 0 aliphatic carbocycles. The summed E-state index contributed by atoms with van der Waals surface area (Å²) in [6.07, 6.45) is 1.23. The molecule has 2 unspecified atom stereocenters. The van der Waals surface area contributed by atoms with Crippen LogP contribution < -0.4 is 0 Å². The van der Waals surface area contributed by atoms with E-state index < -0.39 is 6.29 Å². The fraction of sp³-hybridized carbons (Fsp3) is 0.533. The highest BCUT2D eigenvalue weighted by Gasteiger charge is 2.45. The maximum Gasteiger partial charge on any atom is 0.293 e. The SMILES string of the molecule is Cc1ccccc1CC1C[C@H]2CO[C@H](O2)C1OC=O. The molecule has 0 radical (unpaired) electrons. The molecule has 0 aromatic heterocycles. The molecule has 2 aliphatic rings. The molecule has 2 aliphatic heterocycles. The van der Waals surface area contributed by atoms with Crippen LogP contribution in [0.2, 0.25) is 0 Å². The van der Waals surface area contributed by atoms with Crippen molar-refractivity contribution in [2.24, 2.45) is 5.92 Å². The van der Waals surface area contributed by atoms with E-state index in [0.29, 0.717) is 13.1 Å². The minimum Gasteiger partial charge on any atom is -0.459 e. The summed E-state index contributed by atoms with van der Waals surface area (Å²) in [6.45, 7) is 3.21. The average molecular weight is 262 g/mol. The summed E-state index contributed by atoms with van der Waals surface area (Å²) >= 11 is 0. The summed E-state index contributed by atoms with van der Waals surface area (Å²) in [5, 5.41) is 0. The predicted octanol–water partition coefficient (Wildman–Crippen LogP) is 1.84. The third-order valence-corrected chi connectivity index (χ3v) is 4.03. The van der Waals surface area contributed by atoms with Crippen molar-refractivity contribution >= 4 is 6.47 Å². The van der Waals surface area contributed by atoms with E-state index in [1.165, 1.54) is 11.1 Å². The fourth-order valence-corrected chi connectivity index (χ4v) is 3.02. The Labute approximate surface area is 112 Å². The lowest BCUT2D eigenvalue weighted by Crippen LogP contribution is -2.43. The van der Waals surface area contributed by atoms with Crippen molar-refractivity contribution in [2.75, 3.05) is 6.61 Å². The zero-order chi connectivity index (χ0) is 13.2. The predicted molar refractivity (Wildman–Crippen MR) is 68.5 cm³/mol. The molecule has 102 valence electrons. The molecule has 2 fully saturated rings. The minimum atomic E-state index is -0.391. The number of carbonyl (C=O) groups excluding carboxylic acids is 1. The Bertz CT molecular complexity index is 459. The lowest BCUT2D eigenvalue weighted by molar-refractivity contribution is -0.192. The van der Waals surface area contributed by atoms with Gasteiger partial charge in [0.15, 0.2) is 12.4 Å². The molecule has 2 bridgehead atoms. The highest BCUT2D eigenvalue weighted by molar-refractivity contribution is 5.38. The van der Waals surface area contributed by atoms with Gasteiger partial charge >= 0.3 is 0 Å². The number of carbonyl (C=O) groups is 1. The van der Waals surface area contributed by atoms with E-state index in [9.17, 15) is 4.79 Å². The molecule has 0 saturated carbocycles. The Morgan fingerprint density at radius 3 is 3.05 bits per heavy atom. The van der Waals surface area contributed by atoms with Crippen LogP contribution in [-0.2, 0) is 25.4 Å². The largest absolute Gasteiger partial charge is 0.459 e. The number of aryl methyl sites for hydroxylation is 1. The summed E-state index contributed by atoms with van der Waals surface area (Å²) in [6, 6.07) is 8.32. The Morgan fingerprint density at radius 1 is 1.42 bits per heavy atom. The second kappa shape index (κ2) is 5.31. The number of hydrogen-bond acceptors (Lipinski definition) is 4. The van der Waals surface area contributed by atoms with Crippen molar-refractivity contribution in [1.82, 2.24) is 0 Å². The molecular formula is C15H18O4. The molecule has 0 N–H and O–H groups in total. The van der Waals surface area contributed by atoms with Gasteiger partial charge in [0.2, 0.25) is 0 Å². The molecular weight excluding hydrogens is 244 g/mol. The van der Waals surface area contributed by atoms with Gasteiger partial charge in [-0.25, -0.2) is 0 Å². The van der Waals surface area contributed by atoms with Crippen molar-refractivity contribution in [3.8, 4) is 0 Å². The van der Waals surface area contributed by atoms with Gasteiger partial charge in [-0.15, -0.1) is 0 Å². The Kier molecular flexibility index (Phi) is 3.53. The van der Waals surface area contributed by atoms with Crippen LogP contribution in [0.5, 0.6) is 0 Å². The van der Waals surface area contributed by atoms with Crippen LogP contribution in [0.3, 0.4) is 0 Å². The second-order valence-corrected chi connectivity index (χ2v) is 5.28. The third-order valence-electron chi connectivity index (χ3n) is 4.03. The molecule has 4 atom stereocenters. The minimum absolute atomic E-state index is 0.144. The van der Waals surface area contributed by atoms with Gasteiger partial charge in [-0.2, -0.15) is 0 Å². The molecule has 1 aromatic rings. The number of hydrogen-bond donors (Lipinski definition) is 0. The van der Waals surface area contributed by atoms with Crippen molar-refractivity contribution < 1.29 is 19.0 Å². The zero-order valence-corrected chi connectivity index (χ0v) is 11.0. The molecule has 2 saturated heterocycles. The standard InChI is InChI=1S/C15H18O4/c1-10-4-2-3-5-11(10)6-12-7-13-8-17-15(19-13)14(12)18-9-16/h2-5,9,12-15H,6-8H2,1H3/t12?,13-,14?,15+/m0/s1. The first kappa shape index (κ1) is 12.6. The first-order valence-electron chi connectivity index (χ1n) is 6.68.